The van der Waals surface area contributed by atoms with Crippen molar-refractivity contribution in [3.05, 3.63) is 303 Å². The third kappa shape index (κ3) is 7.53. The van der Waals surface area contributed by atoms with E-state index in [9.17, 15) is 0 Å². The van der Waals surface area contributed by atoms with Crippen molar-refractivity contribution in [1.82, 2.24) is 0 Å². The predicted molar refractivity (Wildman–Crippen MR) is 364 cm³/mol. The molecule has 0 radical (unpaired) electrons. The summed E-state index contributed by atoms with van der Waals surface area (Å²) in [6, 6.07) is 111. The van der Waals surface area contributed by atoms with Crippen molar-refractivity contribution >= 4 is 109 Å². The highest BCUT2D eigenvalue weighted by Crippen LogP contribution is 2.50. The van der Waals surface area contributed by atoms with Crippen LogP contribution in [-0.4, -0.2) is 0 Å². The van der Waals surface area contributed by atoms with Gasteiger partial charge >= 0.3 is 0 Å². The van der Waals surface area contributed by atoms with E-state index in [1.807, 2.05) is 0 Å². The number of fused-ring (bicyclic) bond motifs is 12. The van der Waals surface area contributed by atoms with Crippen LogP contribution in [0.4, 0.5) is 0 Å². The van der Waals surface area contributed by atoms with Crippen LogP contribution >= 0.6 is 0 Å². The molecule has 0 atom stereocenters. The van der Waals surface area contributed by atoms with Gasteiger partial charge in [0.1, 0.15) is 22.3 Å². The van der Waals surface area contributed by atoms with E-state index in [4.69, 9.17) is 8.83 Å². The molecule has 2 heteroatoms. The first-order valence-electron chi connectivity index (χ1n) is 29.6. The molecule has 398 valence electrons. The van der Waals surface area contributed by atoms with Crippen LogP contribution in [-0.2, 0) is 0 Å². The normalized spacial score (nSPS) is 12.0. The second-order valence-electron chi connectivity index (χ2n) is 23.0. The van der Waals surface area contributed by atoms with E-state index < -0.39 is 0 Å². The second kappa shape index (κ2) is 19.1. The molecule has 0 N–H and O–H groups in total. The van der Waals surface area contributed by atoms with Crippen LogP contribution in [0.1, 0.15) is 0 Å². The summed E-state index contributed by atoms with van der Waals surface area (Å²) < 4.78 is 13.7. The molecule has 0 aliphatic carbocycles. The summed E-state index contributed by atoms with van der Waals surface area (Å²) in [6.07, 6.45) is 0. The van der Waals surface area contributed by atoms with Crippen molar-refractivity contribution in [2.45, 2.75) is 0 Å². The van der Waals surface area contributed by atoms with Gasteiger partial charge in [0.25, 0.3) is 0 Å². The van der Waals surface area contributed by atoms with Gasteiger partial charge in [-0.25, -0.2) is 0 Å². The molecular formula is C84H50O2. The first kappa shape index (κ1) is 48.2. The molecule has 86 heavy (non-hydrogen) atoms. The maximum atomic E-state index is 7.18. The van der Waals surface area contributed by atoms with Crippen molar-refractivity contribution < 1.29 is 8.83 Å². The lowest BCUT2D eigenvalue weighted by molar-refractivity contribution is 0.669. The van der Waals surface area contributed by atoms with Gasteiger partial charge in [-0.15, -0.1) is 0 Å². The number of furan rings is 2. The van der Waals surface area contributed by atoms with Crippen molar-refractivity contribution in [2.75, 3.05) is 0 Å². The first-order chi connectivity index (χ1) is 42.6. The second-order valence-corrected chi connectivity index (χ2v) is 23.0. The molecule has 0 spiro atoms. The molecule has 0 saturated carbocycles. The molecule has 16 aromatic carbocycles. The van der Waals surface area contributed by atoms with Gasteiger partial charge in [0, 0.05) is 27.1 Å². The lowest BCUT2D eigenvalue weighted by atomic mass is 9.85. The van der Waals surface area contributed by atoms with Gasteiger partial charge in [-0.3, -0.25) is 0 Å². The lowest BCUT2D eigenvalue weighted by Gasteiger charge is -2.18. The molecule has 0 bridgehead atoms. The van der Waals surface area contributed by atoms with Gasteiger partial charge in [0.2, 0.25) is 0 Å². The van der Waals surface area contributed by atoms with Gasteiger partial charge in [0.15, 0.2) is 0 Å². The summed E-state index contributed by atoms with van der Waals surface area (Å²) in [6.45, 7) is 0. The molecule has 0 saturated heterocycles. The fourth-order valence-electron chi connectivity index (χ4n) is 14.3. The van der Waals surface area contributed by atoms with Crippen molar-refractivity contribution in [3.8, 4) is 77.9 Å². The first-order valence-corrected chi connectivity index (χ1v) is 29.6. The summed E-state index contributed by atoms with van der Waals surface area (Å²) >= 11 is 0. The van der Waals surface area contributed by atoms with E-state index in [-0.39, 0.29) is 0 Å². The van der Waals surface area contributed by atoms with E-state index in [0.717, 1.165) is 88.2 Å². The van der Waals surface area contributed by atoms with Gasteiger partial charge in [0.05, 0.1) is 0 Å². The Morgan fingerprint density at radius 2 is 0.570 bits per heavy atom. The highest BCUT2D eigenvalue weighted by molar-refractivity contribution is 6.25. The number of rotatable bonds is 7. The average Bonchev–Trinajstić information content (AvgIpc) is 1.38. The summed E-state index contributed by atoms with van der Waals surface area (Å²) in [5, 5.41) is 19.0. The van der Waals surface area contributed by atoms with Gasteiger partial charge in [-0.05, 0) is 198 Å². The van der Waals surface area contributed by atoms with Crippen LogP contribution in [0.3, 0.4) is 0 Å². The molecule has 0 unspecified atom stereocenters. The molecule has 0 amide bonds. The number of benzene rings is 16. The van der Waals surface area contributed by atoms with E-state index in [2.05, 4.69) is 303 Å². The number of hydrogen-bond donors (Lipinski definition) is 0. The van der Waals surface area contributed by atoms with Crippen molar-refractivity contribution in [2.24, 2.45) is 0 Å². The minimum absolute atomic E-state index is 0.857. The average molecular weight is 1090 g/mol. The fraction of sp³-hybridized carbons (Fsp3) is 0. The Labute approximate surface area is 495 Å². The third-order valence-electron chi connectivity index (χ3n) is 18.2. The number of hydrogen-bond acceptors (Lipinski definition) is 2. The lowest BCUT2D eigenvalue weighted by Crippen LogP contribution is -1.91. The Morgan fingerprint density at radius 1 is 0.174 bits per heavy atom. The molecule has 2 aromatic heterocycles. The Hall–Kier alpha value is -11.3. The molecule has 2 nitrogen and oxygen atoms in total. The molecule has 0 aliphatic rings. The molecular weight excluding hydrogens is 1040 g/mol. The van der Waals surface area contributed by atoms with Crippen LogP contribution in [0.15, 0.2) is 312 Å². The SMILES string of the molecule is c1ccc(-c2ccc3c(c2)oc2ccc(-c4c5ccccc5c(-c5ccc6ccc(-c7ccc(-c8ccccc8)c8c7oc7ccc(-c9c%10ccccc%10c(-c%10ccc%11ccccc%11c%10)c%10ccccc9%10)cc78)cc6c5)c5ccccc45)cc23)cc1. The third-order valence-corrected chi connectivity index (χ3v) is 18.2. The Balaban J connectivity index is 0.784. The van der Waals surface area contributed by atoms with Crippen LogP contribution in [0, 0.1) is 0 Å². The van der Waals surface area contributed by atoms with Crippen molar-refractivity contribution in [3.63, 3.8) is 0 Å². The molecule has 18 rings (SSSR count). The Morgan fingerprint density at radius 3 is 1.13 bits per heavy atom. The standard InChI is InChI=1S/C84H50O2/c1-3-17-51(18-4-1)56-37-40-65-74-48-60(38-43-76(74)85-78(65)50-56)81-70-27-13-11-25-68(70)80(69-26-12-14-28-71(69)81)59-36-33-53-31-34-57(46-62(53)47-59)64-42-41-63(54-20-5-2-6-21-54)83-75-49-61(39-44-77(75)86-84(64)83)82-72-29-15-9-23-66(72)79(67-24-10-16-30-73(67)82)58-35-32-52-19-7-8-22-55(52)45-58/h1-50H. The van der Waals surface area contributed by atoms with E-state index in [0.29, 0.717) is 0 Å². The Bertz CT molecular complexity index is 5710. The van der Waals surface area contributed by atoms with Gasteiger partial charge < -0.3 is 8.83 Å². The van der Waals surface area contributed by atoms with Crippen LogP contribution in [0.25, 0.3) is 186 Å². The highest BCUT2D eigenvalue weighted by atomic mass is 16.3. The maximum absolute atomic E-state index is 7.18. The summed E-state index contributed by atoms with van der Waals surface area (Å²) in [4.78, 5) is 0. The zero-order chi connectivity index (χ0) is 56.4. The van der Waals surface area contributed by atoms with Gasteiger partial charge in [-0.2, -0.15) is 0 Å². The maximum Gasteiger partial charge on any atom is 0.143 e. The minimum Gasteiger partial charge on any atom is -0.456 e. The molecule has 18 aromatic rings. The molecule has 2 heterocycles. The summed E-state index contributed by atoms with van der Waals surface area (Å²) in [5.74, 6) is 0. The monoisotopic (exact) mass is 1090 g/mol. The van der Waals surface area contributed by atoms with E-state index in [1.54, 1.807) is 0 Å². The Kier molecular flexibility index (Phi) is 10.7. The van der Waals surface area contributed by atoms with E-state index in [1.165, 1.54) is 98.2 Å². The molecule has 0 fully saturated rings. The molecule has 0 aliphatic heterocycles. The summed E-state index contributed by atoms with van der Waals surface area (Å²) in [7, 11) is 0. The van der Waals surface area contributed by atoms with Crippen molar-refractivity contribution in [1.29, 1.82) is 0 Å². The van der Waals surface area contributed by atoms with Crippen LogP contribution in [0.5, 0.6) is 0 Å². The largest absolute Gasteiger partial charge is 0.456 e. The zero-order valence-corrected chi connectivity index (χ0v) is 46.7. The quantitative estimate of drug-likeness (QED) is 0.149. The smallest absolute Gasteiger partial charge is 0.143 e. The predicted octanol–water partition coefficient (Wildman–Crippen LogP) is 24.1. The highest BCUT2D eigenvalue weighted by Gasteiger charge is 2.23. The minimum atomic E-state index is 0.857. The zero-order valence-electron chi connectivity index (χ0n) is 46.7. The topological polar surface area (TPSA) is 26.3 Å². The summed E-state index contributed by atoms with van der Waals surface area (Å²) in [5.41, 5.74) is 19.9. The fourth-order valence-corrected chi connectivity index (χ4v) is 14.3. The van der Waals surface area contributed by atoms with Crippen LogP contribution < -0.4 is 0 Å². The van der Waals surface area contributed by atoms with Gasteiger partial charge in [-0.1, -0.05) is 243 Å². The van der Waals surface area contributed by atoms with Crippen LogP contribution in [0.2, 0.25) is 0 Å². The van der Waals surface area contributed by atoms with E-state index >= 15 is 0 Å².